The van der Waals surface area contributed by atoms with Crippen LogP contribution in [-0.2, 0) is 30.5 Å². The first kappa shape index (κ1) is 27.6. The van der Waals surface area contributed by atoms with Crippen LogP contribution in [0.3, 0.4) is 0 Å². The van der Waals surface area contributed by atoms with Crippen molar-refractivity contribution < 1.29 is 31.1 Å². The van der Waals surface area contributed by atoms with E-state index in [4.69, 9.17) is 0 Å². The third-order valence-corrected chi connectivity index (χ3v) is 7.10. The summed E-state index contributed by atoms with van der Waals surface area (Å²) in [4.78, 5) is 14.7. The van der Waals surface area contributed by atoms with Crippen LogP contribution in [0.5, 0.6) is 0 Å². The van der Waals surface area contributed by atoms with E-state index in [2.05, 4.69) is 15.5 Å². The summed E-state index contributed by atoms with van der Waals surface area (Å²) < 4.78 is 82.5. The van der Waals surface area contributed by atoms with Gasteiger partial charge in [0.2, 0.25) is 11.7 Å². The van der Waals surface area contributed by atoms with Crippen molar-refractivity contribution in [3.63, 3.8) is 0 Å². The molecule has 2 atom stereocenters. The van der Waals surface area contributed by atoms with Gasteiger partial charge in [-0.05, 0) is 47.4 Å². The molecule has 5 rings (SSSR count). The minimum Gasteiger partial charge on any atom is -0.333 e. The maximum atomic E-state index is 14.5. The van der Waals surface area contributed by atoms with Gasteiger partial charge in [0.05, 0.1) is 6.54 Å². The number of nitrogens with one attached hydrogen (secondary N) is 1. The molecular formula is C28H25F6N5O. The maximum Gasteiger partial charge on any atom is 0.451 e. The van der Waals surface area contributed by atoms with Crippen molar-refractivity contribution in [1.82, 2.24) is 25.0 Å². The quantitative estimate of drug-likeness (QED) is 0.237. The lowest BCUT2D eigenvalue weighted by Gasteiger charge is -2.30. The zero-order valence-corrected chi connectivity index (χ0v) is 21.4. The van der Waals surface area contributed by atoms with Crippen molar-refractivity contribution in [1.29, 1.82) is 0 Å². The molecular weight excluding hydrogens is 536 g/mol. The fourth-order valence-corrected chi connectivity index (χ4v) is 5.02. The zero-order valence-electron chi connectivity index (χ0n) is 21.4. The summed E-state index contributed by atoms with van der Waals surface area (Å²) in [5.74, 6) is -4.99. The molecule has 12 heteroatoms. The van der Waals surface area contributed by atoms with Gasteiger partial charge in [0, 0.05) is 37.7 Å². The van der Waals surface area contributed by atoms with Gasteiger partial charge in [0.1, 0.15) is 5.82 Å². The number of amides is 1. The first-order chi connectivity index (χ1) is 19.0. The minimum atomic E-state index is -4.67. The van der Waals surface area contributed by atoms with Crippen LogP contribution < -0.4 is 5.32 Å². The Morgan fingerprint density at radius 3 is 2.42 bits per heavy atom. The molecule has 0 saturated heterocycles. The standard InChI is InChI=1S/C28H25F6N5O/c1-16(18-7-6-17-4-2-3-5-19(17)10-18)35-21(11-20-12-23(30)24(31)14-22(20)29)13-26(40)38-8-9-39-25(15-38)36-37-27(39)28(32,33)34/h2-7,10,12,14,16,21,35H,8-9,11,13,15H2,1H3/t16-,21?/m0/s1. The van der Waals surface area contributed by atoms with Crippen LogP contribution in [0.25, 0.3) is 10.8 Å². The summed E-state index contributed by atoms with van der Waals surface area (Å²) in [6.07, 6.45) is -4.97. The average molecular weight is 562 g/mol. The molecule has 1 aliphatic heterocycles. The first-order valence-corrected chi connectivity index (χ1v) is 12.6. The molecule has 210 valence electrons. The van der Waals surface area contributed by atoms with E-state index < -0.39 is 41.4 Å². The van der Waals surface area contributed by atoms with Gasteiger partial charge in [-0.1, -0.05) is 36.4 Å². The molecule has 1 aromatic heterocycles. The van der Waals surface area contributed by atoms with Crippen LogP contribution in [0.15, 0.2) is 54.6 Å². The number of rotatable bonds is 7. The van der Waals surface area contributed by atoms with Gasteiger partial charge in [0.25, 0.3) is 0 Å². The van der Waals surface area contributed by atoms with E-state index in [-0.39, 0.29) is 49.9 Å². The Hall–Kier alpha value is -3.93. The Balaban J connectivity index is 1.36. The topological polar surface area (TPSA) is 63.1 Å². The Morgan fingerprint density at radius 1 is 0.950 bits per heavy atom. The molecule has 6 nitrogen and oxygen atoms in total. The second-order valence-corrected chi connectivity index (χ2v) is 9.86. The number of hydrogen-bond donors (Lipinski definition) is 1. The Bertz CT molecular complexity index is 1550. The highest BCUT2D eigenvalue weighted by molar-refractivity contribution is 5.83. The minimum absolute atomic E-state index is 0.000557. The van der Waals surface area contributed by atoms with E-state index >= 15 is 0 Å². The first-order valence-electron chi connectivity index (χ1n) is 12.6. The number of nitrogens with zero attached hydrogens (tertiary/aromatic N) is 4. The molecule has 0 spiro atoms. The zero-order chi connectivity index (χ0) is 28.6. The number of halogens is 6. The number of carbonyl (C=O) groups is 1. The molecule has 40 heavy (non-hydrogen) atoms. The number of aromatic nitrogens is 3. The molecule has 4 aromatic rings. The van der Waals surface area contributed by atoms with E-state index in [1.165, 1.54) is 4.90 Å². The molecule has 3 aromatic carbocycles. The molecule has 0 fully saturated rings. The predicted molar refractivity (Wildman–Crippen MR) is 134 cm³/mol. The van der Waals surface area contributed by atoms with Gasteiger partial charge in [-0.2, -0.15) is 13.2 Å². The molecule has 1 aliphatic rings. The Labute approximate surface area is 225 Å². The highest BCUT2D eigenvalue weighted by Crippen LogP contribution is 2.30. The fourth-order valence-electron chi connectivity index (χ4n) is 5.02. The van der Waals surface area contributed by atoms with Gasteiger partial charge in [-0.3, -0.25) is 4.79 Å². The van der Waals surface area contributed by atoms with Crippen molar-refractivity contribution in [3.8, 4) is 0 Å². The lowest BCUT2D eigenvalue weighted by atomic mass is 9.98. The predicted octanol–water partition coefficient (Wildman–Crippen LogP) is 5.56. The van der Waals surface area contributed by atoms with Crippen molar-refractivity contribution in [3.05, 3.63) is 94.8 Å². The van der Waals surface area contributed by atoms with Crippen molar-refractivity contribution in [2.75, 3.05) is 6.54 Å². The summed E-state index contributed by atoms with van der Waals surface area (Å²) >= 11 is 0. The lowest BCUT2D eigenvalue weighted by Crippen LogP contribution is -2.43. The molecule has 0 bridgehead atoms. The largest absolute Gasteiger partial charge is 0.451 e. The summed E-state index contributed by atoms with van der Waals surface area (Å²) in [5, 5.41) is 12.2. The van der Waals surface area contributed by atoms with Crippen LogP contribution in [-0.4, -0.2) is 38.2 Å². The second-order valence-electron chi connectivity index (χ2n) is 9.86. The van der Waals surface area contributed by atoms with E-state index in [0.717, 1.165) is 27.0 Å². The summed E-state index contributed by atoms with van der Waals surface area (Å²) in [6.45, 7) is 1.56. The van der Waals surface area contributed by atoms with Crippen LogP contribution in [0.2, 0.25) is 0 Å². The van der Waals surface area contributed by atoms with Crippen molar-refractivity contribution in [2.24, 2.45) is 0 Å². The average Bonchev–Trinajstić information content (AvgIpc) is 3.35. The lowest BCUT2D eigenvalue weighted by molar-refractivity contribution is -0.148. The molecule has 0 saturated carbocycles. The van der Waals surface area contributed by atoms with Gasteiger partial charge in [-0.15, -0.1) is 10.2 Å². The molecule has 1 unspecified atom stereocenters. The number of alkyl halides is 3. The molecule has 1 N–H and O–H groups in total. The molecule has 0 aliphatic carbocycles. The van der Waals surface area contributed by atoms with Gasteiger partial charge in [-0.25, -0.2) is 13.2 Å². The SMILES string of the molecule is C[C@H](NC(CC(=O)N1CCn2c(nnc2C(F)(F)F)C1)Cc1cc(F)c(F)cc1F)c1ccc2ccccc2c1. The normalized spacial score (nSPS) is 15.2. The Morgan fingerprint density at radius 2 is 1.68 bits per heavy atom. The monoisotopic (exact) mass is 561 g/mol. The summed E-state index contributed by atoms with van der Waals surface area (Å²) in [5.41, 5.74) is 0.788. The maximum absolute atomic E-state index is 14.5. The van der Waals surface area contributed by atoms with E-state index in [9.17, 15) is 31.1 Å². The van der Waals surface area contributed by atoms with Gasteiger partial charge >= 0.3 is 6.18 Å². The number of hydrogen-bond acceptors (Lipinski definition) is 4. The van der Waals surface area contributed by atoms with Crippen molar-refractivity contribution >= 4 is 16.7 Å². The van der Waals surface area contributed by atoms with E-state index in [1.54, 1.807) is 0 Å². The van der Waals surface area contributed by atoms with Crippen molar-refractivity contribution in [2.45, 2.75) is 51.1 Å². The van der Waals surface area contributed by atoms with Gasteiger partial charge in [0.15, 0.2) is 17.5 Å². The highest BCUT2D eigenvalue weighted by atomic mass is 19.4. The molecule has 2 heterocycles. The van der Waals surface area contributed by atoms with Crippen LogP contribution in [0.4, 0.5) is 26.3 Å². The Kier molecular flexibility index (Phi) is 7.54. The third-order valence-electron chi connectivity index (χ3n) is 7.10. The summed E-state index contributed by atoms with van der Waals surface area (Å²) in [7, 11) is 0. The summed E-state index contributed by atoms with van der Waals surface area (Å²) in [6, 6.07) is 13.9. The van der Waals surface area contributed by atoms with Gasteiger partial charge < -0.3 is 14.8 Å². The second kappa shape index (κ2) is 10.9. The number of benzene rings is 3. The fraction of sp³-hybridized carbons (Fsp3) is 0.321. The molecule has 1 amide bonds. The third kappa shape index (κ3) is 5.81. The highest BCUT2D eigenvalue weighted by Gasteiger charge is 2.40. The smallest absolute Gasteiger partial charge is 0.333 e. The van der Waals surface area contributed by atoms with E-state index in [1.807, 2.05) is 49.4 Å². The van der Waals surface area contributed by atoms with Crippen LogP contribution in [0, 0.1) is 17.5 Å². The number of fused-ring (bicyclic) bond motifs is 2. The van der Waals surface area contributed by atoms with Crippen LogP contribution >= 0.6 is 0 Å². The van der Waals surface area contributed by atoms with Crippen LogP contribution in [0.1, 0.15) is 42.2 Å². The number of carbonyl (C=O) groups excluding carboxylic acids is 1. The molecule has 0 radical (unpaired) electrons. The van der Waals surface area contributed by atoms with E-state index in [0.29, 0.717) is 6.07 Å².